The van der Waals surface area contributed by atoms with Crippen LogP contribution < -0.4 is 5.43 Å². The van der Waals surface area contributed by atoms with Gasteiger partial charge in [-0.05, 0) is 37.3 Å². The molecular formula is C15H13F3N4. The summed E-state index contributed by atoms with van der Waals surface area (Å²) in [4.78, 5) is 0. The molecule has 0 radical (unpaired) electrons. The third kappa shape index (κ3) is 4.69. The Morgan fingerprint density at radius 2 is 1.73 bits per heavy atom. The summed E-state index contributed by atoms with van der Waals surface area (Å²) in [6, 6.07) is 13.8. The number of azo groups is 1. The standard InChI is InChI=1S/C15H13F3N4/c1-11(19-21-13-7-3-2-4-8-13)20-22-14-9-5-6-12(10-14)15(16,17)18/h2-10,22H,1H3. The molecule has 2 rings (SSSR count). The van der Waals surface area contributed by atoms with Crippen molar-refractivity contribution in [1.82, 2.24) is 0 Å². The normalized spacial score (nSPS) is 12.6. The van der Waals surface area contributed by atoms with Crippen molar-refractivity contribution in [2.45, 2.75) is 13.1 Å². The van der Waals surface area contributed by atoms with Crippen molar-refractivity contribution in [1.29, 1.82) is 0 Å². The number of alkyl halides is 3. The lowest BCUT2D eigenvalue weighted by molar-refractivity contribution is -0.137. The monoisotopic (exact) mass is 306 g/mol. The van der Waals surface area contributed by atoms with Crippen LogP contribution in [-0.2, 0) is 6.18 Å². The van der Waals surface area contributed by atoms with E-state index in [0.717, 1.165) is 12.1 Å². The van der Waals surface area contributed by atoms with Crippen molar-refractivity contribution in [3.63, 3.8) is 0 Å². The molecule has 114 valence electrons. The lowest BCUT2D eigenvalue weighted by Crippen LogP contribution is -2.05. The van der Waals surface area contributed by atoms with Gasteiger partial charge in [0.05, 0.1) is 16.9 Å². The fourth-order valence-corrected chi connectivity index (χ4v) is 1.56. The number of hydrogen-bond donors (Lipinski definition) is 1. The van der Waals surface area contributed by atoms with E-state index in [4.69, 9.17) is 0 Å². The van der Waals surface area contributed by atoms with Crippen molar-refractivity contribution < 1.29 is 13.2 Å². The molecule has 0 unspecified atom stereocenters. The van der Waals surface area contributed by atoms with E-state index in [1.54, 1.807) is 19.1 Å². The molecule has 0 aliphatic rings. The Morgan fingerprint density at radius 1 is 1.00 bits per heavy atom. The van der Waals surface area contributed by atoms with Gasteiger partial charge in [0.15, 0.2) is 5.84 Å². The minimum atomic E-state index is -4.39. The fraction of sp³-hybridized carbons (Fsp3) is 0.133. The number of anilines is 1. The van der Waals surface area contributed by atoms with E-state index in [9.17, 15) is 13.2 Å². The van der Waals surface area contributed by atoms with Gasteiger partial charge in [-0.1, -0.05) is 24.3 Å². The number of rotatable bonds is 3. The molecule has 7 heteroatoms. The van der Waals surface area contributed by atoms with Gasteiger partial charge in [-0.15, -0.1) is 10.2 Å². The molecule has 2 aromatic rings. The average Bonchev–Trinajstić information content (AvgIpc) is 2.51. The second kappa shape index (κ2) is 6.84. The smallest absolute Gasteiger partial charge is 0.277 e. The molecule has 4 nitrogen and oxygen atoms in total. The molecule has 0 amide bonds. The molecule has 0 saturated carbocycles. The molecule has 0 fully saturated rings. The van der Waals surface area contributed by atoms with Crippen molar-refractivity contribution in [2.24, 2.45) is 15.3 Å². The second-order valence-electron chi connectivity index (χ2n) is 4.38. The lowest BCUT2D eigenvalue weighted by atomic mass is 10.2. The van der Waals surface area contributed by atoms with E-state index in [1.165, 1.54) is 12.1 Å². The molecule has 1 N–H and O–H groups in total. The summed E-state index contributed by atoms with van der Waals surface area (Å²) in [6.45, 7) is 1.59. The van der Waals surface area contributed by atoms with Crippen LogP contribution in [0.3, 0.4) is 0 Å². The zero-order valence-electron chi connectivity index (χ0n) is 11.7. The Bertz CT molecular complexity index is 679. The molecule has 0 aromatic heterocycles. The van der Waals surface area contributed by atoms with Gasteiger partial charge < -0.3 is 0 Å². The highest BCUT2D eigenvalue weighted by molar-refractivity contribution is 5.80. The van der Waals surface area contributed by atoms with Gasteiger partial charge in [-0.2, -0.15) is 18.3 Å². The Kier molecular flexibility index (Phi) is 4.88. The van der Waals surface area contributed by atoms with Crippen molar-refractivity contribution in [3.8, 4) is 0 Å². The molecule has 0 saturated heterocycles. The second-order valence-corrected chi connectivity index (χ2v) is 4.38. The maximum atomic E-state index is 12.6. The molecule has 0 aliphatic carbocycles. The van der Waals surface area contributed by atoms with Crippen LogP contribution in [0.1, 0.15) is 12.5 Å². The quantitative estimate of drug-likeness (QED) is 0.359. The van der Waals surface area contributed by atoms with E-state index in [2.05, 4.69) is 20.8 Å². The molecule has 22 heavy (non-hydrogen) atoms. The maximum Gasteiger partial charge on any atom is 0.416 e. The first-order valence-corrected chi connectivity index (χ1v) is 6.39. The van der Waals surface area contributed by atoms with Crippen LogP contribution in [0.2, 0.25) is 0 Å². The minimum Gasteiger partial charge on any atom is -0.277 e. The Labute approximate surface area is 125 Å². The van der Waals surface area contributed by atoms with Crippen LogP contribution in [0.4, 0.5) is 24.5 Å². The summed E-state index contributed by atoms with van der Waals surface area (Å²) in [5.41, 5.74) is 2.68. The zero-order chi connectivity index (χ0) is 16.0. The van der Waals surface area contributed by atoms with Crippen LogP contribution in [0.15, 0.2) is 69.9 Å². The summed E-state index contributed by atoms with van der Waals surface area (Å²) >= 11 is 0. The third-order valence-electron chi connectivity index (χ3n) is 2.60. The molecule has 0 aliphatic heterocycles. The topological polar surface area (TPSA) is 49.1 Å². The predicted octanol–water partition coefficient (Wildman–Crippen LogP) is 5.23. The number of nitrogens with zero attached hydrogens (tertiary/aromatic N) is 3. The van der Waals surface area contributed by atoms with E-state index in [1.807, 2.05) is 18.2 Å². The zero-order valence-corrected chi connectivity index (χ0v) is 11.7. The lowest BCUT2D eigenvalue weighted by Gasteiger charge is -2.08. The summed E-state index contributed by atoms with van der Waals surface area (Å²) in [7, 11) is 0. The maximum absolute atomic E-state index is 12.6. The van der Waals surface area contributed by atoms with Gasteiger partial charge in [0.25, 0.3) is 0 Å². The number of nitrogens with one attached hydrogen (secondary N) is 1. The van der Waals surface area contributed by atoms with E-state index < -0.39 is 11.7 Å². The first-order valence-electron chi connectivity index (χ1n) is 6.39. The number of amidine groups is 1. The Balaban J connectivity index is 2.03. The van der Waals surface area contributed by atoms with Gasteiger partial charge in [-0.25, -0.2) is 0 Å². The highest BCUT2D eigenvalue weighted by Gasteiger charge is 2.30. The molecule has 0 spiro atoms. The summed E-state index contributed by atoms with van der Waals surface area (Å²) in [6.07, 6.45) is -4.39. The number of hydrogen-bond acceptors (Lipinski definition) is 3. The minimum absolute atomic E-state index is 0.226. The molecule has 0 bridgehead atoms. The van der Waals surface area contributed by atoms with Crippen LogP contribution >= 0.6 is 0 Å². The largest absolute Gasteiger partial charge is 0.416 e. The highest BCUT2D eigenvalue weighted by Crippen LogP contribution is 2.30. The molecule has 0 atom stereocenters. The van der Waals surface area contributed by atoms with Crippen molar-refractivity contribution >= 4 is 17.2 Å². The van der Waals surface area contributed by atoms with Crippen molar-refractivity contribution in [2.75, 3.05) is 5.43 Å². The Hall–Kier alpha value is -2.70. The van der Waals surface area contributed by atoms with Gasteiger partial charge in [0.2, 0.25) is 0 Å². The first-order chi connectivity index (χ1) is 10.4. The summed E-state index contributed by atoms with van der Waals surface area (Å²) in [5, 5.41) is 11.7. The van der Waals surface area contributed by atoms with Crippen LogP contribution in [0.25, 0.3) is 0 Å². The van der Waals surface area contributed by atoms with E-state index >= 15 is 0 Å². The van der Waals surface area contributed by atoms with E-state index in [0.29, 0.717) is 11.5 Å². The first kappa shape index (κ1) is 15.7. The van der Waals surface area contributed by atoms with Gasteiger partial charge in [0, 0.05) is 0 Å². The summed E-state index contributed by atoms with van der Waals surface area (Å²) < 4.78 is 37.7. The van der Waals surface area contributed by atoms with Gasteiger partial charge in [0.1, 0.15) is 0 Å². The van der Waals surface area contributed by atoms with Crippen LogP contribution in [0, 0.1) is 0 Å². The number of halogens is 3. The van der Waals surface area contributed by atoms with Crippen LogP contribution in [0.5, 0.6) is 0 Å². The fourth-order valence-electron chi connectivity index (χ4n) is 1.56. The average molecular weight is 306 g/mol. The number of hydrazone groups is 1. The van der Waals surface area contributed by atoms with Gasteiger partial charge >= 0.3 is 6.18 Å². The SMILES string of the molecule is CC(N=Nc1ccccc1)=NNc1cccc(C(F)(F)F)c1. The molecular weight excluding hydrogens is 293 g/mol. The van der Waals surface area contributed by atoms with E-state index in [-0.39, 0.29) is 5.69 Å². The molecule has 2 aromatic carbocycles. The Morgan fingerprint density at radius 3 is 2.41 bits per heavy atom. The number of benzene rings is 2. The van der Waals surface area contributed by atoms with Crippen LogP contribution in [-0.4, -0.2) is 5.84 Å². The van der Waals surface area contributed by atoms with Crippen molar-refractivity contribution in [3.05, 3.63) is 60.2 Å². The van der Waals surface area contributed by atoms with Gasteiger partial charge in [-0.3, -0.25) is 5.43 Å². The highest BCUT2D eigenvalue weighted by atomic mass is 19.4. The summed E-state index contributed by atoms with van der Waals surface area (Å²) in [5.74, 6) is 0.293. The molecule has 0 heterocycles. The predicted molar refractivity (Wildman–Crippen MR) is 79.1 cm³/mol. The third-order valence-corrected chi connectivity index (χ3v) is 2.60.